The molecule has 2 rings (SSSR count). The molecule has 0 bridgehead atoms. The van der Waals surface area contributed by atoms with Crippen LogP contribution in [-0.4, -0.2) is 15.3 Å². The van der Waals surface area contributed by atoms with Crippen molar-refractivity contribution in [1.82, 2.24) is 4.57 Å². The summed E-state index contributed by atoms with van der Waals surface area (Å²) in [5.74, 6) is -0.257. The van der Waals surface area contributed by atoms with Crippen molar-refractivity contribution in [3.8, 4) is 0 Å². The Bertz CT molecular complexity index is 671. The van der Waals surface area contributed by atoms with Gasteiger partial charge in [0.05, 0.1) is 11.5 Å². The first-order valence-electron chi connectivity index (χ1n) is 5.50. The van der Waals surface area contributed by atoms with E-state index in [0.29, 0.717) is 0 Å². The highest BCUT2D eigenvalue weighted by atomic mass is 16.6. The number of carbonyl (C=O) groups is 1. The normalized spacial score (nSPS) is 10.1. The Labute approximate surface area is 108 Å². The molecule has 0 saturated carbocycles. The second kappa shape index (κ2) is 5.26. The first-order chi connectivity index (χ1) is 9.06. The summed E-state index contributed by atoms with van der Waals surface area (Å²) >= 11 is 0. The number of benzene rings is 1. The van der Waals surface area contributed by atoms with E-state index in [9.17, 15) is 19.7 Å². The van der Waals surface area contributed by atoms with Crippen LogP contribution in [0.5, 0.6) is 0 Å². The summed E-state index contributed by atoms with van der Waals surface area (Å²) < 4.78 is 1.54. The van der Waals surface area contributed by atoms with Crippen LogP contribution in [0.4, 0.5) is 5.69 Å². The van der Waals surface area contributed by atoms with Gasteiger partial charge in [-0.05, 0) is 0 Å². The number of hydrogen-bond acceptors (Lipinski definition) is 4. The number of hydrogen-bond donors (Lipinski definition) is 0. The molecule has 0 aliphatic rings. The van der Waals surface area contributed by atoms with E-state index in [0.717, 1.165) is 0 Å². The lowest BCUT2D eigenvalue weighted by Crippen LogP contribution is -2.12. The minimum Gasteiger partial charge on any atom is -0.346 e. The van der Waals surface area contributed by atoms with Crippen LogP contribution >= 0.6 is 0 Å². The third-order valence-electron chi connectivity index (χ3n) is 2.57. The predicted octanol–water partition coefficient (Wildman–Crippen LogP) is 1.64. The average Bonchev–Trinajstić information content (AvgIpc) is 2.41. The highest BCUT2D eigenvalue weighted by Crippen LogP contribution is 2.13. The Morgan fingerprint density at radius 1 is 1.21 bits per heavy atom. The second-order valence-electron chi connectivity index (χ2n) is 3.94. The SMILES string of the molecule is O=C(Cn1ccc(=O)cc1)c1cccc([N+](=O)[O-])c1. The van der Waals surface area contributed by atoms with Crippen LogP contribution in [0, 0.1) is 10.1 Å². The van der Waals surface area contributed by atoms with Gasteiger partial charge in [0.15, 0.2) is 11.2 Å². The van der Waals surface area contributed by atoms with Crippen molar-refractivity contribution in [2.45, 2.75) is 6.54 Å². The molecule has 0 saturated heterocycles. The number of nitro benzene ring substituents is 1. The first kappa shape index (κ1) is 12.7. The van der Waals surface area contributed by atoms with Gasteiger partial charge in [-0.1, -0.05) is 12.1 Å². The van der Waals surface area contributed by atoms with E-state index in [1.54, 1.807) is 4.57 Å². The molecule has 0 atom stereocenters. The summed E-state index contributed by atoms with van der Waals surface area (Å²) in [4.78, 5) is 33.0. The highest BCUT2D eigenvalue weighted by molar-refractivity contribution is 5.96. The lowest BCUT2D eigenvalue weighted by atomic mass is 10.1. The van der Waals surface area contributed by atoms with Gasteiger partial charge < -0.3 is 4.57 Å². The van der Waals surface area contributed by atoms with Gasteiger partial charge in [0.1, 0.15) is 0 Å². The summed E-state index contributed by atoms with van der Waals surface area (Å²) in [6.45, 7) is 0.0292. The zero-order valence-corrected chi connectivity index (χ0v) is 9.85. The Morgan fingerprint density at radius 3 is 2.53 bits per heavy atom. The maximum Gasteiger partial charge on any atom is 0.270 e. The van der Waals surface area contributed by atoms with Crippen molar-refractivity contribution in [3.05, 3.63) is 74.7 Å². The minimum absolute atomic E-state index is 0.0292. The lowest BCUT2D eigenvalue weighted by Gasteiger charge is -2.04. The summed E-state index contributed by atoms with van der Waals surface area (Å²) in [6.07, 6.45) is 3.00. The van der Waals surface area contributed by atoms with E-state index in [4.69, 9.17) is 0 Å². The molecule has 1 aromatic carbocycles. The zero-order chi connectivity index (χ0) is 13.8. The third-order valence-corrected chi connectivity index (χ3v) is 2.57. The summed E-state index contributed by atoms with van der Waals surface area (Å²) in [5, 5.41) is 10.6. The molecule has 1 aromatic heterocycles. The summed E-state index contributed by atoms with van der Waals surface area (Å²) in [7, 11) is 0. The monoisotopic (exact) mass is 258 g/mol. The maximum absolute atomic E-state index is 12.0. The number of Topliss-reactive ketones (excluding diaryl/α,β-unsaturated/α-hetero) is 1. The standard InChI is InChI=1S/C13H10N2O4/c16-12-4-6-14(7-5-12)9-13(17)10-2-1-3-11(8-10)15(18)19/h1-8H,9H2. The smallest absolute Gasteiger partial charge is 0.270 e. The highest BCUT2D eigenvalue weighted by Gasteiger charge is 2.11. The van der Waals surface area contributed by atoms with E-state index in [-0.39, 0.29) is 29.0 Å². The number of ketones is 1. The van der Waals surface area contributed by atoms with Crippen molar-refractivity contribution >= 4 is 11.5 Å². The third kappa shape index (κ3) is 3.12. The van der Waals surface area contributed by atoms with Crippen molar-refractivity contribution < 1.29 is 9.72 Å². The van der Waals surface area contributed by atoms with Gasteiger partial charge in [-0.15, -0.1) is 0 Å². The number of rotatable bonds is 4. The zero-order valence-electron chi connectivity index (χ0n) is 9.85. The van der Waals surface area contributed by atoms with Gasteiger partial charge in [-0.3, -0.25) is 19.7 Å². The first-order valence-corrected chi connectivity index (χ1v) is 5.50. The van der Waals surface area contributed by atoms with Crippen LogP contribution < -0.4 is 5.43 Å². The quantitative estimate of drug-likeness (QED) is 0.474. The van der Waals surface area contributed by atoms with E-state index in [2.05, 4.69) is 0 Å². The number of nitrogens with zero attached hydrogens (tertiary/aromatic N) is 2. The van der Waals surface area contributed by atoms with Crippen molar-refractivity contribution in [2.24, 2.45) is 0 Å². The molecule has 1 heterocycles. The molecule has 0 radical (unpaired) electrons. The molecule has 0 spiro atoms. The predicted molar refractivity (Wildman–Crippen MR) is 68.1 cm³/mol. The number of non-ortho nitro benzene ring substituents is 1. The van der Waals surface area contributed by atoms with Crippen LogP contribution in [0.3, 0.4) is 0 Å². The van der Waals surface area contributed by atoms with Crippen molar-refractivity contribution in [1.29, 1.82) is 0 Å². The molecule has 0 amide bonds. The molecule has 6 nitrogen and oxygen atoms in total. The number of pyridine rings is 1. The van der Waals surface area contributed by atoms with Crippen LogP contribution in [-0.2, 0) is 6.54 Å². The van der Waals surface area contributed by atoms with Crippen molar-refractivity contribution in [3.63, 3.8) is 0 Å². The molecule has 0 fully saturated rings. The summed E-state index contributed by atoms with van der Waals surface area (Å²) in [5.41, 5.74) is 0.0118. The number of carbonyl (C=O) groups excluding carboxylic acids is 1. The van der Waals surface area contributed by atoms with Crippen LogP contribution in [0.1, 0.15) is 10.4 Å². The van der Waals surface area contributed by atoms with E-state index in [1.807, 2.05) is 0 Å². The van der Waals surface area contributed by atoms with Gasteiger partial charge in [0, 0.05) is 42.2 Å². The fourth-order valence-electron chi connectivity index (χ4n) is 1.60. The fraction of sp³-hybridized carbons (Fsp3) is 0.0769. The summed E-state index contributed by atoms with van der Waals surface area (Å²) in [6, 6.07) is 8.26. The fourth-order valence-corrected chi connectivity index (χ4v) is 1.60. The minimum atomic E-state index is -0.545. The Morgan fingerprint density at radius 2 is 1.89 bits per heavy atom. The maximum atomic E-state index is 12.0. The van der Waals surface area contributed by atoms with Crippen LogP contribution in [0.25, 0.3) is 0 Å². The number of nitro groups is 1. The van der Waals surface area contributed by atoms with Crippen molar-refractivity contribution in [2.75, 3.05) is 0 Å². The second-order valence-corrected chi connectivity index (χ2v) is 3.94. The Balaban J connectivity index is 2.20. The van der Waals surface area contributed by atoms with E-state index >= 15 is 0 Å². The van der Waals surface area contributed by atoms with Crippen LogP contribution in [0.2, 0.25) is 0 Å². The molecular formula is C13H10N2O4. The van der Waals surface area contributed by atoms with Gasteiger partial charge in [0.2, 0.25) is 0 Å². The van der Waals surface area contributed by atoms with Gasteiger partial charge in [-0.25, -0.2) is 0 Å². The molecule has 96 valence electrons. The molecule has 2 aromatic rings. The molecule has 0 unspecified atom stereocenters. The molecule has 0 N–H and O–H groups in total. The molecular weight excluding hydrogens is 248 g/mol. The van der Waals surface area contributed by atoms with Crippen LogP contribution in [0.15, 0.2) is 53.6 Å². The van der Waals surface area contributed by atoms with Gasteiger partial charge in [0.25, 0.3) is 5.69 Å². The average molecular weight is 258 g/mol. The van der Waals surface area contributed by atoms with Gasteiger partial charge >= 0.3 is 0 Å². The molecule has 6 heteroatoms. The molecule has 0 aliphatic carbocycles. The van der Waals surface area contributed by atoms with E-state index < -0.39 is 4.92 Å². The topological polar surface area (TPSA) is 82.2 Å². The van der Waals surface area contributed by atoms with Gasteiger partial charge in [-0.2, -0.15) is 0 Å². The Hall–Kier alpha value is -2.76. The van der Waals surface area contributed by atoms with E-state index in [1.165, 1.54) is 48.8 Å². The molecule has 0 aliphatic heterocycles. The lowest BCUT2D eigenvalue weighted by molar-refractivity contribution is -0.384. The molecule has 19 heavy (non-hydrogen) atoms. The largest absolute Gasteiger partial charge is 0.346 e. The number of aromatic nitrogens is 1. The Kier molecular flexibility index (Phi) is 3.51.